The third-order valence-electron chi connectivity index (χ3n) is 4.31. The molecule has 0 aliphatic heterocycles. The lowest BCUT2D eigenvalue weighted by Gasteiger charge is -2.11. The van der Waals surface area contributed by atoms with Crippen LogP contribution in [0.25, 0.3) is 28.0 Å². The van der Waals surface area contributed by atoms with Gasteiger partial charge in [-0.1, -0.05) is 23.4 Å². The summed E-state index contributed by atoms with van der Waals surface area (Å²) < 4.78 is 7.52. The van der Waals surface area contributed by atoms with E-state index in [1.165, 1.54) is 6.26 Å². The van der Waals surface area contributed by atoms with Gasteiger partial charge in [0.05, 0.1) is 23.0 Å². The zero-order valence-electron chi connectivity index (χ0n) is 13.6. The molecule has 0 aliphatic rings. The molecule has 0 aliphatic carbocycles. The molecule has 0 atom stereocenters. The van der Waals surface area contributed by atoms with Crippen LogP contribution in [0.2, 0.25) is 0 Å². The van der Waals surface area contributed by atoms with Crippen LogP contribution in [-0.4, -0.2) is 9.67 Å². The molecule has 2 aromatic carbocycles. The first-order valence-corrected chi connectivity index (χ1v) is 7.93. The van der Waals surface area contributed by atoms with Gasteiger partial charge in [0.2, 0.25) is 0 Å². The molecule has 0 amide bonds. The lowest BCUT2D eigenvalue weighted by molar-refractivity contribution is 0.475. The molecule has 2 aromatic heterocycles. The van der Waals surface area contributed by atoms with Crippen molar-refractivity contribution in [1.29, 1.82) is 5.26 Å². The summed E-state index contributed by atoms with van der Waals surface area (Å²) in [6.45, 7) is -0.0491. The number of benzene rings is 2. The molecule has 0 bridgehead atoms. The molecule has 0 saturated carbocycles. The van der Waals surface area contributed by atoms with Crippen molar-refractivity contribution in [1.82, 2.24) is 4.57 Å². The average Bonchev–Trinajstić information content (AvgIpc) is 3.25. The maximum absolute atomic E-state index is 11.1. The summed E-state index contributed by atoms with van der Waals surface area (Å²) in [5, 5.41) is 23.0. The summed E-state index contributed by atoms with van der Waals surface area (Å²) in [4.78, 5) is 11.1. The largest absolute Gasteiger partial charge is 0.508 e. The van der Waals surface area contributed by atoms with Crippen molar-refractivity contribution in [2.75, 3.05) is 0 Å². The van der Waals surface area contributed by atoms with Gasteiger partial charge in [0, 0.05) is 16.6 Å². The molecule has 0 radical (unpaired) electrons. The molecule has 0 fully saturated rings. The molecule has 4 rings (SSSR count). The fourth-order valence-electron chi connectivity index (χ4n) is 3.22. The van der Waals surface area contributed by atoms with E-state index >= 15 is 0 Å². The Morgan fingerprint density at radius 1 is 1.12 bits per heavy atom. The fraction of sp³-hybridized carbons (Fsp3) is 0.0500. The second-order valence-electron chi connectivity index (χ2n) is 5.76. The van der Waals surface area contributed by atoms with Crippen LogP contribution in [0.4, 0.5) is 0 Å². The quantitative estimate of drug-likeness (QED) is 0.542. The highest BCUT2D eigenvalue weighted by Gasteiger charge is 2.24. The summed E-state index contributed by atoms with van der Waals surface area (Å²) in [5.74, 6) is 0.535. The first-order valence-electron chi connectivity index (χ1n) is 7.93. The lowest BCUT2D eigenvalue weighted by atomic mass is 10.1. The zero-order chi connectivity index (χ0) is 18.1. The maximum atomic E-state index is 11.1. The Kier molecular flexibility index (Phi) is 3.75. The van der Waals surface area contributed by atoms with Gasteiger partial charge >= 0.3 is 0 Å². The van der Waals surface area contributed by atoms with Gasteiger partial charge in [-0.05, 0) is 36.4 Å². The smallest absolute Gasteiger partial charge is 0.168 e. The molecule has 2 heterocycles. The average molecular weight is 343 g/mol. The van der Waals surface area contributed by atoms with E-state index in [0.717, 1.165) is 16.6 Å². The molecule has 6 nitrogen and oxygen atoms in total. The minimum absolute atomic E-state index is 0.0491. The highest BCUT2D eigenvalue weighted by molar-refractivity contribution is 5.93. The number of nitroso groups, excluding NO2 is 1. The van der Waals surface area contributed by atoms with Crippen molar-refractivity contribution in [2.24, 2.45) is 5.18 Å². The minimum atomic E-state index is -0.0491. The van der Waals surface area contributed by atoms with E-state index in [1.54, 1.807) is 30.3 Å². The number of hydrogen-bond donors (Lipinski definition) is 1. The van der Waals surface area contributed by atoms with E-state index in [2.05, 4.69) is 11.2 Å². The van der Waals surface area contributed by atoms with Gasteiger partial charge in [0.25, 0.3) is 0 Å². The van der Waals surface area contributed by atoms with E-state index < -0.39 is 0 Å². The number of rotatable bonds is 4. The van der Waals surface area contributed by atoms with Gasteiger partial charge in [0.15, 0.2) is 5.76 Å². The Morgan fingerprint density at radius 3 is 2.62 bits per heavy atom. The number of hydrogen-bond acceptors (Lipinski definition) is 5. The number of nitrogens with zero attached hydrogens (tertiary/aromatic N) is 3. The van der Waals surface area contributed by atoms with Gasteiger partial charge in [-0.3, -0.25) is 0 Å². The van der Waals surface area contributed by atoms with Crippen molar-refractivity contribution in [3.63, 3.8) is 0 Å². The second-order valence-corrected chi connectivity index (χ2v) is 5.76. The predicted octanol–water partition coefficient (Wildman–Crippen LogP) is 4.73. The first-order chi connectivity index (χ1) is 12.7. The summed E-state index contributed by atoms with van der Waals surface area (Å²) in [7, 11) is 0. The Labute approximate surface area is 148 Å². The molecule has 0 spiro atoms. The van der Waals surface area contributed by atoms with Gasteiger partial charge in [-0.25, -0.2) is 0 Å². The monoisotopic (exact) mass is 343 g/mol. The van der Waals surface area contributed by atoms with Crippen molar-refractivity contribution >= 4 is 10.9 Å². The zero-order valence-corrected chi connectivity index (χ0v) is 13.6. The minimum Gasteiger partial charge on any atom is -0.508 e. The summed E-state index contributed by atoms with van der Waals surface area (Å²) in [6.07, 6.45) is 1.45. The van der Waals surface area contributed by atoms with Gasteiger partial charge < -0.3 is 14.1 Å². The van der Waals surface area contributed by atoms with Crippen LogP contribution in [0.5, 0.6) is 5.75 Å². The maximum Gasteiger partial charge on any atom is 0.168 e. The third kappa shape index (κ3) is 2.34. The molecule has 0 saturated heterocycles. The number of phenols is 1. The van der Waals surface area contributed by atoms with Crippen molar-refractivity contribution < 1.29 is 9.52 Å². The number of aromatic nitrogens is 1. The van der Waals surface area contributed by atoms with E-state index in [4.69, 9.17) is 4.42 Å². The molecule has 6 heteroatoms. The number of phenolic OH excluding ortho intramolecular Hbond substituents is 1. The van der Waals surface area contributed by atoms with Crippen LogP contribution in [0.3, 0.4) is 0 Å². The van der Waals surface area contributed by atoms with E-state index in [9.17, 15) is 15.3 Å². The summed E-state index contributed by atoms with van der Waals surface area (Å²) >= 11 is 0. The van der Waals surface area contributed by atoms with Crippen molar-refractivity contribution in [2.45, 2.75) is 6.54 Å². The predicted molar refractivity (Wildman–Crippen MR) is 96.9 cm³/mol. The van der Waals surface area contributed by atoms with E-state index in [0.29, 0.717) is 22.6 Å². The second kappa shape index (κ2) is 6.22. The molecular formula is C20H13N3O3. The standard InChI is InChI=1S/C20H13N3O3/c21-11-13-9-10-26-20(13)19-17(12-22-25)16-3-1-2-4-18(16)23(19)14-5-7-15(24)8-6-14/h1-10,24H,12H2. The van der Waals surface area contributed by atoms with Gasteiger partial charge in [-0.2, -0.15) is 10.2 Å². The van der Waals surface area contributed by atoms with Gasteiger partial charge in [0.1, 0.15) is 18.4 Å². The first kappa shape index (κ1) is 15.7. The molecule has 0 unspecified atom stereocenters. The number of nitriles is 1. The van der Waals surface area contributed by atoms with Crippen LogP contribution in [0.1, 0.15) is 11.1 Å². The molecular weight excluding hydrogens is 330 g/mol. The Balaban J connectivity index is 2.15. The molecule has 26 heavy (non-hydrogen) atoms. The third-order valence-corrected chi connectivity index (χ3v) is 4.31. The molecule has 1 N–H and O–H groups in total. The highest BCUT2D eigenvalue weighted by atomic mass is 16.3. The van der Waals surface area contributed by atoms with Gasteiger partial charge in [-0.15, -0.1) is 0 Å². The van der Waals surface area contributed by atoms with E-state index in [-0.39, 0.29) is 12.3 Å². The number of para-hydroxylation sites is 1. The van der Waals surface area contributed by atoms with E-state index in [1.807, 2.05) is 28.8 Å². The Morgan fingerprint density at radius 2 is 1.88 bits per heavy atom. The fourth-order valence-corrected chi connectivity index (χ4v) is 3.22. The van der Waals surface area contributed by atoms with Crippen molar-refractivity contribution in [3.8, 4) is 29.0 Å². The van der Waals surface area contributed by atoms with Crippen molar-refractivity contribution in [3.05, 3.63) is 76.9 Å². The van der Waals surface area contributed by atoms with Crippen LogP contribution in [0.15, 0.2) is 70.5 Å². The number of furan rings is 1. The van der Waals surface area contributed by atoms with Crippen LogP contribution in [0, 0.1) is 16.2 Å². The Hall–Kier alpha value is -3.85. The van der Waals surface area contributed by atoms with Crippen LogP contribution in [-0.2, 0) is 6.54 Å². The number of aromatic hydroxyl groups is 1. The number of fused-ring (bicyclic) bond motifs is 1. The van der Waals surface area contributed by atoms with Crippen LogP contribution < -0.4 is 0 Å². The normalized spacial score (nSPS) is 10.7. The summed E-state index contributed by atoms with van der Waals surface area (Å²) in [6, 6.07) is 18.0. The Bertz CT molecular complexity index is 1150. The highest BCUT2D eigenvalue weighted by Crippen LogP contribution is 2.38. The SMILES string of the molecule is N#Cc1ccoc1-c1c(CN=O)c2ccccc2n1-c1ccc(O)cc1. The summed E-state index contributed by atoms with van der Waals surface area (Å²) in [5.41, 5.74) is 3.30. The molecule has 4 aromatic rings. The lowest BCUT2D eigenvalue weighted by Crippen LogP contribution is -1.98. The molecule has 126 valence electrons. The van der Waals surface area contributed by atoms with Crippen LogP contribution >= 0.6 is 0 Å². The topological polar surface area (TPSA) is 91.5 Å².